The van der Waals surface area contributed by atoms with E-state index in [9.17, 15) is 4.39 Å². The molecule has 90 valence electrons. The number of halogens is 1. The van der Waals surface area contributed by atoms with E-state index < -0.39 is 0 Å². The minimum absolute atomic E-state index is 0.197. The van der Waals surface area contributed by atoms with Gasteiger partial charge in [0.05, 0.1) is 0 Å². The van der Waals surface area contributed by atoms with E-state index in [1.54, 1.807) is 12.1 Å². The zero-order chi connectivity index (χ0) is 12.7. The van der Waals surface area contributed by atoms with Crippen molar-refractivity contribution in [2.24, 2.45) is 0 Å². The minimum atomic E-state index is -0.197. The van der Waals surface area contributed by atoms with Gasteiger partial charge in [0.25, 0.3) is 0 Å². The van der Waals surface area contributed by atoms with Crippen LogP contribution in [0.15, 0.2) is 42.5 Å². The molecule has 1 aromatic heterocycles. The molecule has 18 heavy (non-hydrogen) atoms. The Kier molecular flexibility index (Phi) is 2.44. The monoisotopic (exact) mass is 239 g/mol. The van der Waals surface area contributed by atoms with Crippen LogP contribution >= 0.6 is 0 Å². The molecule has 2 heteroatoms. The Bertz CT molecular complexity index is 686. The first-order valence-electron chi connectivity index (χ1n) is 6.00. The molecule has 0 saturated carbocycles. The average Bonchev–Trinajstić information content (AvgIpc) is 2.73. The summed E-state index contributed by atoms with van der Waals surface area (Å²) in [6, 6.07) is 13.1. The van der Waals surface area contributed by atoms with Crippen molar-refractivity contribution in [1.29, 1.82) is 0 Å². The van der Waals surface area contributed by atoms with E-state index in [1.807, 2.05) is 12.1 Å². The van der Waals surface area contributed by atoms with Gasteiger partial charge >= 0.3 is 0 Å². The first-order chi connectivity index (χ1) is 8.65. The largest absolute Gasteiger partial charge is 0.354 e. The molecular formula is C16H14FN. The highest BCUT2D eigenvalue weighted by Gasteiger charge is 2.08. The molecule has 0 aliphatic heterocycles. The predicted molar refractivity (Wildman–Crippen MR) is 73.2 cm³/mol. The van der Waals surface area contributed by atoms with Crippen LogP contribution in [0.4, 0.5) is 4.39 Å². The molecule has 0 radical (unpaired) electrons. The number of benzene rings is 2. The molecule has 0 aliphatic rings. The molecule has 0 saturated heterocycles. The Hall–Kier alpha value is -2.09. The lowest BCUT2D eigenvalue weighted by molar-refractivity contribution is 0.631. The van der Waals surface area contributed by atoms with Gasteiger partial charge in [0.15, 0.2) is 0 Å². The number of aromatic amines is 1. The van der Waals surface area contributed by atoms with E-state index >= 15 is 0 Å². The highest BCUT2D eigenvalue weighted by molar-refractivity contribution is 5.87. The Morgan fingerprint density at radius 3 is 2.44 bits per heavy atom. The quantitative estimate of drug-likeness (QED) is 0.639. The zero-order valence-corrected chi connectivity index (χ0v) is 10.4. The second kappa shape index (κ2) is 3.98. The molecule has 1 nitrogen and oxygen atoms in total. The third kappa shape index (κ3) is 1.70. The first kappa shape index (κ1) is 11.0. The number of nitrogens with one attached hydrogen (secondary N) is 1. The molecule has 1 heterocycles. The molecule has 0 spiro atoms. The summed E-state index contributed by atoms with van der Waals surface area (Å²) in [6.07, 6.45) is 0. The second-order valence-corrected chi connectivity index (χ2v) is 4.69. The molecule has 0 aliphatic carbocycles. The molecule has 2 aromatic carbocycles. The summed E-state index contributed by atoms with van der Waals surface area (Å²) in [7, 11) is 0. The van der Waals surface area contributed by atoms with Crippen LogP contribution < -0.4 is 0 Å². The van der Waals surface area contributed by atoms with E-state index in [4.69, 9.17) is 0 Å². The van der Waals surface area contributed by atoms with Crippen molar-refractivity contribution < 1.29 is 4.39 Å². The number of fused-ring (bicyclic) bond motifs is 1. The topological polar surface area (TPSA) is 15.8 Å². The maximum Gasteiger partial charge on any atom is 0.132 e. The highest BCUT2D eigenvalue weighted by atomic mass is 19.1. The molecular weight excluding hydrogens is 225 g/mol. The summed E-state index contributed by atoms with van der Waals surface area (Å²) < 4.78 is 13.7. The van der Waals surface area contributed by atoms with E-state index in [2.05, 4.69) is 31.0 Å². The van der Waals surface area contributed by atoms with Gasteiger partial charge in [0.1, 0.15) is 5.82 Å². The van der Waals surface area contributed by atoms with Crippen LogP contribution in [0.5, 0.6) is 0 Å². The van der Waals surface area contributed by atoms with Gasteiger partial charge in [-0.3, -0.25) is 0 Å². The van der Waals surface area contributed by atoms with Crippen molar-refractivity contribution in [2.75, 3.05) is 0 Å². The molecule has 0 unspecified atom stereocenters. The van der Waals surface area contributed by atoms with Crippen LogP contribution in [0.2, 0.25) is 0 Å². The highest BCUT2D eigenvalue weighted by Crippen LogP contribution is 2.27. The lowest BCUT2D eigenvalue weighted by atomic mass is 10.1. The average molecular weight is 239 g/mol. The van der Waals surface area contributed by atoms with Crippen LogP contribution in [0.1, 0.15) is 11.1 Å². The number of aromatic nitrogens is 1. The molecule has 3 aromatic rings. The summed E-state index contributed by atoms with van der Waals surface area (Å²) in [5.74, 6) is -0.197. The first-order valence-corrected chi connectivity index (χ1v) is 6.00. The molecule has 0 amide bonds. The van der Waals surface area contributed by atoms with Gasteiger partial charge in [-0.15, -0.1) is 0 Å². The van der Waals surface area contributed by atoms with E-state index in [0.717, 1.165) is 16.6 Å². The maximum atomic E-state index is 13.7. The number of hydrogen-bond donors (Lipinski definition) is 1. The van der Waals surface area contributed by atoms with Gasteiger partial charge in [-0.2, -0.15) is 0 Å². The Morgan fingerprint density at radius 1 is 0.944 bits per heavy atom. The Labute approximate surface area is 105 Å². The normalized spacial score (nSPS) is 11.1. The number of H-pyrrole nitrogens is 1. The van der Waals surface area contributed by atoms with E-state index in [1.165, 1.54) is 17.2 Å². The number of rotatable bonds is 1. The summed E-state index contributed by atoms with van der Waals surface area (Å²) in [5, 5.41) is 1.12. The zero-order valence-electron chi connectivity index (χ0n) is 10.4. The summed E-state index contributed by atoms with van der Waals surface area (Å²) in [4.78, 5) is 3.28. The Morgan fingerprint density at radius 2 is 1.67 bits per heavy atom. The predicted octanol–water partition coefficient (Wildman–Crippen LogP) is 4.59. The van der Waals surface area contributed by atoms with Crippen molar-refractivity contribution in [1.82, 2.24) is 4.98 Å². The summed E-state index contributed by atoms with van der Waals surface area (Å²) in [5.41, 5.74) is 4.99. The van der Waals surface area contributed by atoms with Crippen molar-refractivity contribution >= 4 is 10.9 Å². The number of aryl methyl sites for hydroxylation is 2. The van der Waals surface area contributed by atoms with E-state index in [-0.39, 0.29) is 5.82 Å². The molecule has 1 N–H and O–H groups in total. The van der Waals surface area contributed by atoms with E-state index in [0.29, 0.717) is 5.56 Å². The van der Waals surface area contributed by atoms with Crippen LogP contribution in [-0.4, -0.2) is 4.98 Å². The van der Waals surface area contributed by atoms with Crippen molar-refractivity contribution in [3.63, 3.8) is 0 Å². The lowest BCUT2D eigenvalue weighted by Gasteiger charge is -1.99. The van der Waals surface area contributed by atoms with Gasteiger partial charge in [-0.05, 0) is 55.3 Å². The van der Waals surface area contributed by atoms with Gasteiger partial charge in [-0.1, -0.05) is 12.1 Å². The van der Waals surface area contributed by atoms with Gasteiger partial charge in [0, 0.05) is 22.2 Å². The fraction of sp³-hybridized carbons (Fsp3) is 0.125. The van der Waals surface area contributed by atoms with Crippen LogP contribution in [0, 0.1) is 19.7 Å². The Balaban J connectivity index is 2.23. The van der Waals surface area contributed by atoms with Crippen LogP contribution in [0.25, 0.3) is 22.2 Å². The molecule has 0 bridgehead atoms. The fourth-order valence-electron chi connectivity index (χ4n) is 2.23. The second-order valence-electron chi connectivity index (χ2n) is 4.69. The van der Waals surface area contributed by atoms with Crippen LogP contribution in [0.3, 0.4) is 0 Å². The third-order valence-corrected chi connectivity index (χ3v) is 3.40. The number of hydrogen-bond acceptors (Lipinski definition) is 0. The maximum absolute atomic E-state index is 13.7. The minimum Gasteiger partial charge on any atom is -0.354 e. The SMILES string of the molecule is Cc1cc2cc(-c3ccccc3F)[nH]c2cc1C. The van der Waals surface area contributed by atoms with Gasteiger partial charge in [-0.25, -0.2) is 4.39 Å². The molecule has 0 atom stereocenters. The summed E-state index contributed by atoms with van der Waals surface area (Å²) >= 11 is 0. The van der Waals surface area contributed by atoms with Gasteiger partial charge in [0.2, 0.25) is 0 Å². The van der Waals surface area contributed by atoms with Gasteiger partial charge < -0.3 is 4.98 Å². The fourth-order valence-corrected chi connectivity index (χ4v) is 2.23. The van der Waals surface area contributed by atoms with Crippen molar-refractivity contribution in [2.45, 2.75) is 13.8 Å². The van der Waals surface area contributed by atoms with Crippen molar-refractivity contribution in [3.8, 4) is 11.3 Å². The lowest BCUT2D eigenvalue weighted by Crippen LogP contribution is -1.82. The smallest absolute Gasteiger partial charge is 0.132 e. The molecule has 0 fully saturated rings. The summed E-state index contributed by atoms with van der Waals surface area (Å²) in [6.45, 7) is 4.17. The van der Waals surface area contributed by atoms with Crippen LogP contribution in [-0.2, 0) is 0 Å². The van der Waals surface area contributed by atoms with Crippen molar-refractivity contribution in [3.05, 3.63) is 59.4 Å². The standard InChI is InChI=1S/C16H14FN/c1-10-7-12-9-16(18-15(12)8-11(10)2)13-5-3-4-6-14(13)17/h3-9,18H,1-2H3. The molecule has 3 rings (SSSR count). The third-order valence-electron chi connectivity index (χ3n) is 3.40.